The van der Waals surface area contributed by atoms with Crippen LogP contribution in [0.25, 0.3) is 0 Å². The molecule has 156 valence electrons. The molecule has 0 aliphatic carbocycles. The van der Waals surface area contributed by atoms with Crippen molar-refractivity contribution in [1.82, 2.24) is 10.4 Å². The first-order valence-electron chi connectivity index (χ1n) is 9.23. The van der Waals surface area contributed by atoms with Crippen molar-refractivity contribution in [2.75, 3.05) is 18.5 Å². The maximum atomic E-state index is 12.3. The number of para-hydroxylation sites is 1. The van der Waals surface area contributed by atoms with Crippen LogP contribution in [0.3, 0.4) is 0 Å². The first-order chi connectivity index (χ1) is 14.3. The van der Waals surface area contributed by atoms with Crippen LogP contribution in [-0.4, -0.2) is 41.9 Å². The zero-order valence-corrected chi connectivity index (χ0v) is 16.9. The van der Waals surface area contributed by atoms with Gasteiger partial charge in [-0.25, -0.2) is 0 Å². The number of rotatable bonds is 6. The predicted octanol–water partition coefficient (Wildman–Crippen LogP) is 2.32. The highest BCUT2D eigenvalue weighted by Gasteiger charge is 2.36. The maximum Gasteiger partial charge on any atom is 0.311 e. The third-order valence-electron chi connectivity index (χ3n) is 4.58. The highest BCUT2D eigenvalue weighted by atomic mass is 35.5. The molecular formula is C21H20ClN3O5. The first kappa shape index (κ1) is 21.3. The molecule has 9 heteroatoms. The summed E-state index contributed by atoms with van der Waals surface area (Å²) in [5, 5.41) is 3.97. The fourth-order valence-corrected chi connectivity index (χ4v) is 3.18. The SMILES string of the molecule is Cc1ccccc1NC(=O)COC(=O)[C@@H]1CC(=O)N(NC(=O)c2ccccc2Cl)C1. The summed E-state index contributed by atoms with van der Waals surface area (Å²) in [6, 6.07) is 13.6. The van der Waals surface area contributed by atoms with Crippen LogP contribution in [0, 0.1) is 12.8 Å². The lowest BCUT2D eigenvalue weighted by molar-refractivity contribution is -0.151. The molecule has 2 N–H and O–H groups in total. The van der Waals surface area contributed by atoms with Gasteiger partial charge in [-0.15, -0.1) is 0 Å². The number of esters is 1. The minimum absolute atomic E-state index is 0.0483. The van der Waals surface area contributed by atoms with Crippen molar-refractivity contribution in [2.45, 2.75) is 13.3 Å². The summed E-state index contributed by atoms with van der Waals surface area (Å²) >= 11 is 5.98. The molecule has 0 unspecified atom stereocenters. The third-order valence-corrected chi connectivity index (χ3v) is 4.91. The average molecular weight is 430 g/mol. The van der Waals surface area contributed by atoms with Crippen molar-refractivity contribution in [3.8, 4) is 0 Å². The highest BCUT2D eigenvalue weighted by Crippen LogP contribution is 2.20. The quantitative estimate of drug-likeness (QED) is 0.686. The summed E-state index contributed by atoms with van der Waals surface area (Å²) in [5.41, 5.74) is 4.17. The van der Waals surface area contributed by atoms with Crippen LogP contribution in [0.15, 0.2) is 48.5 Å². The van der Waals surface area contributed by atoms with E-state index >= 15 is 0 Å². The van der Waals surface area contributed by atoms with E-state index in [9.17, 15) is 19.2 Å². The minimum atomic E-state index is -0.782. The fourth-order valence-electron chi connectivity index (χ4n) is 2.96. The molecule has 8 nitrogen and oxygen atoms in total. The molecule has 1 aliphatic rings. The average Bonchev–Trinajstić information content (AvgIpc) is 3.08. The number of carbonyl (C=O) groups is 4. The Bertz CT molecular complexity index is 994. The molecule has 0 spiro atoms. The Labute approximate surface area is 178 Å². The van der Waals surface area contributed by atoms with Crippen molar-refractivity contribution in [3.05, 3.63) is 64.7 Å². The number of ether oxygens (including phenoxy) is 1. The van der Waals surface area contributed by atoms with Gasteiger partial charge in [0.05, 0.1) is 23.0 Å². The molecule has 1 atom stereocenters. The Hall–Kier alpha value is -3.39. The summed E-state index contributed by atoms with van der Waals surface area (Å²) < 4.78 is 5.04. The lowest BCUT2D eigenvalue weighted by Gasteiger charge is -2.18. The Kier molecular flexibility index (Phi) is 6.68. The second-order valence-corrected chi connectivity index (χ2v) is 7.20. The van der Waals surface area contributed by atoms with Crippen LogP contribution >= 0.6 is 11.6 Å². The number of nitrogens with one attached hydrogen (secondary N) is 2. The lowest BCUT2D eigenvalue weighted by Crippen LogP contribution is -2.43. The molecule has 30 heavy (non-hydrogen) atoms. The molecule has 1 aliphatic heterocycles. The van der Waals surface area contributed by atoms with Crippen LogP contribution in [-0.2, 0) is 19.1 Å². The Morgan fingerprint density at radius 1 is 1.13 bits per heavy atom. The topological polar surface area (TPSA) is 105 Å². The second-order valence-electron chi connectivity index (χ2n) is 6.80. The number of hydrazine groups is 1. The first-order valence-corrected chi connectivity index (χ1v) is 9.61. The number of nitrogens with zero attached hydrogens (tertiary/aromatic N) is 1. The van der Waals surface area contributed by atoms with Crippen LogP contribution in [0.5, 0.6) is 0 Å². The van der Waals surface area contributed by atoms with Crippen LogP contribution in [0.2, 0.25) is 5.02 Å². The number of amides is 3. The smallest absolute Gasteiger partial charge is 0.311 e. The van der Waals surface area contributed by atoms with Gasteiger partial charge in [0.25, 0.3) is 11.8 Å². The number of aryl methyl sites for hydroxylation is 1. The molecule has 0 aromatic heterocycles. The molecule has 0 radical (unpaired) electrons. The van der Waals surface area contributed by atoms with Crippen LogP contribution in [0.1, 0.15) is 22.3 Å². The summed E-state index contributed by atoms with van der Waals surface area (Å²) in [4.78, 5) is 48.7. The van der Waals surface area contributed by atoms with Crippen molar-refractivity contribution < 1.29 is 23.9 Å². The van der Waals surface area contributed by atoms with E-state index in [4.69, 9.17) is 16.3 Å². The maximum absolute atomic E-state index is 12.3. The third kappa shape index (κ3) is 5.15. The number of benzene rings is 2. The fraction of sp³-hybridized carbons (Fsp3) is 0.238. The lowest BCUT2D eigenvalue weighted by atomic mass is 10.1. The van der Waals surface area contributed by atoms with E-state index in [0.29, 0.717) is 5.69 Å². The van der Waals surface area contributed by atoms with Crippen LogP contribution in [0.4, 0.5) is 5.69 Å². The molecule has 1 fully saturated rings. The van der Waals surface area contributed by atoms with Gasteiger partial charge in [0.15, 0.2) is 6.61 Å². The van der Waals surface area contributed by atoms with Crippen molar-refractivity contribution in [2.24, 2.45) is 5.92 Å². The van der Waals surface area contributed by atoms with E-state index in [1.807, 2.05) is 19.1 Å². The van der Waals surface area contributed by atoms with E-state index in [0.717, 1.165) is 10.6 Å². The molecule has 0 saturated carbocycles. The molecule has 3 amide bonds. The van der Waals surface area contributed by atoms with Gasteiger partial charge in [-0.2, -0.15) is 0 Å². The number of anilines is 1. The van der Waals surface area contributed by atoms with Gasteiger partial charge in [0.2, 0.25) is 5.91 Å². The molecule has 0 bridgehead atoms. The minimum Gasteiger partial charge on any atom is -0.455 e. The molecule has 3 rings (SSSR count). The zero-order valence-electron chi connectivity index (χ0n) is 16.2. The van der Waals surface area contributed by atoms with Crippen LogP contribution < -0.4 is 10.7 Å². The van der Waals surface area contributed by atoms with Gasteiger partial charge in [-0.1, -0.05) is 41.9 Å². The molecule has 2 aromatic carbocycles. The molecular weight excluding hydrogens is 410 g/mol. The second kappa shape index (κ2) is 9.41. The van der Waals surface area contributed by atoms with E-state index < -0.39 is 36.2 Å². The van der Waals surface area contributed by atoms with Gasteiger partial charge in [-0.3, -0.25) is 29.6 Å². The van der Waals surface area contributed by atoms with Crippen molar-refractivity contribution in [3.63, 3.8) is 0 Å². The summed E-state index contributed by atoms with van der Waals surface area (Å²) in [7, 11) is 0. The summed E-state index contributed by atoms with van der Waals surface area (Å²) in [6.45, 7) is 1.33. The highest BCUT2D eigenvalue weighted by molar-refractivity contribution is 6.33. The van der Waals surface area contributed by atoms with Gasteiger partial charge in [0.1, 0.15) is 0 Å². The van der Waals surface area contributed by atoms with E-state index in [1.165, 1.54) is 6.07 Å². The zero-order chi connectivity index (χ0) is 21.7. The predicted molar refractivity (Wildman–Crippen MR) is 110 cm³/mol. The largest absolute Gasteiger partial charge is 0.455 e. The Morgan fingerprint density at radius 2 is 1.83 bits per heavy atom. The summed E-state index contributed by atoms with van der Waals surface area (Å²) in [5.74, 6) is -2.93. The Morgan fingerprint density at radius 3 is 2.57 bits per heavy atom. The van der Waals surface area contributed by atoms with Crippen molar-refractivity contribution in [1.29, 1.82) is 0 Å². The number of hydrogen-bond acceptors (Lipinski definition) is 5. The van der Waals surface area contributed by atoms with Gasteiger partial charge >= 0.3 is 5.97 Å². The van der Waals surface area contributed by atoms with Crippen molar-refractivity contribution >= 4 is 41.0 Å². The van der Waals surface area contributed by atoms with E-state index in [1.54, 1.807) is 30.3 Å². The van der Waals surface area contributed by atoms with E-state index in [2.05, 4.69) is 10.7 Å². The standard InChI is InChI=1S/C21H20ClN3O5/c1-13-6-2-5-9-17(13)23-18(26)12-30-21(29)14-10-19(27)25(11-14)24-20(28)15-7-3-4-8-16(15)22/h2-9,14H,10-12H2,1H3,(H,23,26)(H,24,28)/t14-/m1/s1. The molecule has 1 saturated heterocycles. The number of halogens is 1. The number of carbonyl (C=O) groups excluding carboxylic acids is 4. The van der Waals surface area contributed by atoms with Gasteiger partial charge < -0.3 is 10.1 Å². The molecule has 2 aromatic rings. The summed E-state index contributed by atoms with van der Waals surface area (Å²) in [6.07, 6.45) is -0.124. The number of hydrogen-bond donors (Lipinski definition) is 2. The monoisotopic (exact) mass is 429 g/mol. The van der Waals surface area contributed by atoms with Gasteiger partial charge in [0, 0.05) is 12.1 Å². The van der Waals surface area contributed by atoms with E-state index in [-0.39, 0.29) is 23.6 Å². The Balaban J connectivity index is 1.50. The van der Waals surface area contributed by atoms with Gasteiger partial charge in [-0.05, 0) is 30.7 Å². The molecule has 1 heterocycles. The normalized spacial score (nSPS) is 15.6.